The number of thiazole rings is 1. The quantitative estimate of drug-likeness (QED) is 0.717. The average Bonchev–Trinajstić information content (AvgIpc) is 2.98. The Morgan fingerprint density at radius 2 is 1.83 bits per heavy atom. The number of hydrogen-bond acceptors (Lipinski definition) is 7. The predicted octanol–water partition coefficient (Wildman–Crippen LogP) is 3.64. The maximum absolute atomic E-state index is 5.82. The van der Waals surface area contributed by atoms with Gasteiger partial charge >= 0.3 is 0 Å². The number of rotatable bonds is 5. The van der Waals surface area contributed by atoms with Gasteiger partial charge < -0.3 is 20.5 Å². The first kappa shape index (κ1) is 18.3. The lowest BCUT2D eigenvalue weighted by Gasteiger charge is -2.14. The maximum atomic E-state index is 5.82. The summed E-state index contributed by atoms with van der Waals surface area (Å²) in [7, 11) is 3.23. The zero-order chi connectivity index (χ0) is 16.4. The van der Waals surface area contributed by atoms with Crippen molar-refractivity contribution in [3.05, 3.63) is 35.1 Å². The molecule has 0 saturated carbocycles. The third kappa shape index (κ3) is 3.38. The van der Waals surface area contributed by atoms with Crippen molar-refractivity contribution < 1.29 is 9.47 Å². The molecular formula is C16H19ClN4O2S. The molecule has 2 aromatic heterocycles. The number of hydrogen-bond donors (Lipinski definition) is 2. The van der Waals surface area contributed by atoms with Crippen LogP contribution in [0, 0.1) is 6.92 Å². The molecule has 0 bridgehead atoms. The number of anilines is 2. The molecule has 2 heterocycles. The van der Waals surface area contributed by atoms with Gasteiger partial charge in [0.2, 0.25) is 0 Å². The molecule has 8 heteroatoms. The van der Waals surface area contributed by atoms with Crippen LogP contribution in [-0.4, -0.2) is 24.2 Å². The summed E-state index contributed by atoms with van der Waals surface area (Å²) in [5.41, 5.74) is 8.46. The largest absolute Gasteiger partial charge is 0.493 e. The molecule has 6 nitrogen and oxygen atoms in total. The minimum Gasteiger partial charge on any atom is -0.493 e. The number of methoxy groups -OCH3 is 2. The van der Waals surface area contributed by atoms with Crippen LogP contribution < -0.4 is 20.5 Å². The van der Waals surface area contributed by atoms with Crippen LogP contribution >= 0.6 is 23.7 Å². The molecular weight excluding hydrogens is 348 g/mol. The Hall–Kier alpha value is -2.09. The highest BCUT2D eigenvalue weighted by atomic mass is 35.5. The summed E-state index contributed by atoms with van der Waals surface area (Å²) in [5, 5.41) is 8.03. The molecule has 0 unspecified atom stereocenters. The third-order valence-electron chi connectivity index (χ3n) is 3.53. The molecule has 0 spiro atoms. The smallest absolute Gasteiger partial charge is 0.187 e. The molecule has 3 N–H and O–H groups in total. The lowest BCUT2D eigenvalue weighted by Crippen LogP contribution is -2.03. The second-order valence-electron chi connectivity index (χ2n) is 4.99. The fourth-order valence-electron chi connectivity index (χ4n) is 2.41. The average molecular weight is 367 g/mol. The van der Waals surface area contributed by atoms with E-state index in [9.17, 15) is 0 Å². The standard InChI is InChI=1S/C16H18N4O2S.ClH/c1-9-8-23-16(19-9)20-13-7-18-12(6-17)10-4-14(21-2)15(22-3)5-11(10)13;/h4-5,7-8H,6,17H2,1-3H3,(H,19,20);1H. The van der Waals surface area contributed by atoms with Crippen LogP contribution in [0.4, 0.5) is 10.8 Å². The Labute approximate surface area is 150 Å². The summed E-state index contributed by atoms with van der Waals surface area (Å²) in [6.07, 6.45) is 1.77. The Balaban J connectivity index is 0.00000208. The summed E-state index contributed by atoms with van der Waals surface area (Å²) in [6, 6.07) is 3.83. The number of aromatic nitrogens is 2. The molecule has 0 aliphatic heterocycles. The minimum atomic E-state index is 0. The van der Waals surface area contributed by atoms with Crippen molar-refractivity contribution in [3.63, 3.8) is 0 Å². The van der Waals surface area contributed by atoms with Gasteiger partial charge in [0.15, 0.2) is 16.6 Å². The van der Waals surface area contributed by atoms with Crippen molar-refractivity contribution >= 4 is 45.3 Å². The van der Waals surface area contributed by atoms with Gasteiger partial charge in [-0.05, 0) is 19.1 Å². The van der Waals surface area contributed by atoms with Gasteiger partial charge in [-0.3, -0.25) is 4.98 Å². The number of pyridine rings is 1. The van der Waals surface area contributed by atoms with E-state index in [-0.39, 0.29) is 12.4 Å². The fraction of sp³-hybridized carbons (Fsp3) is 0.250. The third-order valence-corrected chi connectivity index (χ3v) is 4.40. The van der Waals surface area contributed by atoms with E-state index < -0.39 is 0 Å². The van der Waals surface area contributed by atoms with Crippen LogP contribution in [-0.2, 0) is 6.54 Å². The number of aryl methyl sites for hydroxylation is 1. The lowest BCUT2D eigenvalue weighted by molar-refractivity contribution is 0.356. The molecule has 0 amide bonds. The number of fused-ring (bicyclic) bond motifs is 1. The summed E-state index contributed by atoms with van der Waals surface area (Å²) in [4.78, 5) is 8.88. The zero-order valence-corrected chi connectivity index (χ0v) is 15.3. The van der Waals surface area contributed by atoms with Crippen LogP contribution in [0.2, 0.25) is 0 Å². The molecule has 0 fully saturated rings. The molecule has 128 valence electrons. The van der Waals surface area contributed by atoms with Gasteiger partial charge in [0.1, 0.15) is 0 Å². The molecule has 24 heavy (non-hydrogen) atoms. The molecule has 3 rings (SSSR count). The van der Waals surface area contributed by atoms with E-state index in [0.717, 1.165) is 33.0 Å². The molecule has 0 aliphatic rings. The second-order valence-corrected chi connectivity index (χ2v) is 5.85. The van der Waals surface area contributed by atoms with Gasteiger partial charge in [0, 0.05) is 22.7 Å². The number of benzene rings is 1. The Kier molecular flexibility index (Phi) is 5.82. The molecule has 3 aromatic rings. The number of nitrogens with zero attached hydrogens (tertiary/aromatic N) is 2. The van der Waals surface area contributed by atoms with E-state index in [1.165, 1.54) is 0 Å². The van der Waals surface area contributed by atoms with Gasteiger partial charge in [0.05, 0.1) is 37.5 Å². The first-order valence-electron chi connectivity index (χ1n) is 7.09. The molecule has 1 aromatic carbocycles. The van der Waals surface area contributed by atoms with Crippen molar-refractivity contribution in [2.24, 2.45) is 5.73 Å². The second kappa shape index (κ2) is 7.65. The minimum absolute atomic E-state index is 0. The van der Waals surface area contributed by atoms with Crippen molar-refractivity contribution in [1.29, 1.82) is 0 Å². The van der Waals surface area contributed by atoms with E-state index in [1.54, 1.807) is 31.8 Å². The van der Waals surface area contributed by atoms with Crippen LogP contribution in [0.25, 0.3) is 10.8 Å². The monoisotopic (exact) mass is 366 g/mol. The topological polar surface area (TPSA) is 82.3 Å². The van der Waals surface area contributed by atoms with Crippen LogP contribution in [0.15, 0.2) is 23.7 Å². The van der Waals surface area contributed by atoms with E-state index in [2.05, 4.69) is 15.3 Å². The number of ether oxygens (including phenoxy) is 2. The first-order valence-corrected chi connectivity index (χ1v) is 7.97. The maximum Gasteiger partial charge on any atom is 0.187 e. The van der Waals surface area contributed by atoms with Gasteiger partial charge in [-0.2, -0.15) is 0 Å². The first-order chi connectivity index (χ1) is 11.2. The van der Waals surface area contributed by atoms with Crippen molar-refractivity contribution in [3.8, 4) is 11.5 Å². The van der Waals surface area contributed by atoms with Crippen LogP contribution in [0.5, 0.6) is 11.5 Å². The highest BCUT2D eigenvalue weighted by Crippen LogP contribution is 2.37. The van der Waals surface area contributed by atoms with Gasteiger partial charge in [-0.25, -0.2) is 4.98 Å². The Bertz CT molecular complexity index is 853. The normalized spacial score (nSPS) is 10.3. The summed E-state index contributed by atoms with van der Waals surface area (Å²) in [5.74, 6) is 1.31. The highest BCUT2D eigenvalue weighted by molar-refractivity contribution is 7.13. The van der Waals surface area contributed by atoms with Crippen LogP contribution in [0.1, 0.15) is 11.4 Å². The van der Waals surface area contributed by atoms with E-state index >= 15 is 0 Å². The number of nitrogens with one attached hydrogen (secondary N) is 1. The summed E-state index contributed by atoms with van der Waals surface area (Å²) in [6.45, 7) is 2.31. The zero-order valence-electron chi connectivity index (χ0n) is 13.6. The summed E-state index contributed by atoms with van der Waals surface area (Å²) >= 11 is 1.55. The molecule has 0 aliphatic carbocycles. The van der Waals surface area contributed by atoms with Crippen molar-refractivity contribution in [2.75, 3.05) is 19.5 Å². The van der Waals surface area contributed by atoms with E-state index in [1.807, 2.05) is 24.4 Å². The van der Waals surface area contributed by atoms with E-state index in [0.29, 0.717) is 18.0 Å². The SMILES string of the molecule is COc1cc2c(Nc3nc(C)cs3)cnc(CN)c2cc1OC.Cl. The molecule has 0 saturated heterocycles. The van der Waals surface area contributed by atoms with Crippen molar-refractivity contribution in [2.45, 2.75) is 13.5 Å². The van der Waals surface area contributed by atoms with E-state index in [4.69, 9.17) is 15.2 Å². The van der Waals surface area contributed by atoms with Gasteiger partial charge in [-0.1, -0.05) is 0 Å². The molecule has 0 atom stereocenters. The Morgan fingerprint density at radius 3 is 2.38 bits per heavy atom. The van der Waals surface area contributed by atoms with Crippen LogP contribution in [0.3, 0.4) is 0 Å². The number of nitrogens with two attached hydrogens (primary N) is 1. The van der Waals surface area contributed by atoms with Gasteiger partial charge in [0.25, 0.3) is 0 Å². The molecule has 0 radical (unpaired) electrons. The van der Waals surface area contributed by atoms with Crippen molar-refractivity contribution in [1.82, 2.24) is 9.97 Å². The predicted molar refractivity (Wildman–Crippen MR) is 100 cm³/mol. The fourth-order valence-corrected chi connectivity index (χ4v) is 3.11. The summed E-state index contributed by atoms with van der Waals surface area (Å²) < 4.78 is 10.8. The Morgan fingerprint density at radius 1 is 1.17 bits per heavy atom. The lowest BCUT2D eigenvalue weighted by atomic mass is 10.1. The highest BCUT2D eigenvalue weighted by Gasteiger charge is 2.13. The number of halogens is 1. The van der Waals surface area contributed by atoms with Gasteiger partial charge in [-0.15, -0.1) is 23.7 Å².